The molecule has 3 amide bonds. The Labute approximate surface area is 158 Å². The maximum Gasteiger partial charge on any atom is 0.337 e. The topological polar surface area (TPSA) is 103 Å². The Balaban J connectivity index is 1.85. The van der Waals surface area contributed by atoms with Crippen LogP contribution < -0.4 is 20.1 Å². The van der Waals surface area contributed by atoms with Crippen LogP contribution in [-0.2, 0) is 9.53 Å². The summed E-state index contributed by atoms with van der Waals surface area (Å²) in [6, 6.07) is 4.02. The molecule has 2 atom stereocenters. The number of carbonyl (C=O) groups is 3. The minimum absolute atomic E-state index is 0.0819. The summed E-state index contributed by atoms with van der Waals surface area (Å²) in [6.07, 6.45) is 4.24. The van der Waals surface area contributed by atoms with Crippen LogP contribution in [0.25, 0.3) is 0 Å². The van der Waals surface area contributed by atoms with Crippen LogP contribution in [0.15, 0.2) is 18.2 Å². The van der Waals surface area contributed by atoms with Gasteiger partial charge < -0.3 is 19.5 Å². The number of hydrogen-bond acceptors (Lipinski definition) is 6. The Morgan fingerprint density at radius 3 is 2.52 bits per heavy atom. The number of hydrogen-bond donors (Lipinski definition) is 2. The first-order valence-electron chi connectivity index (χ1n) is 8.94. The highest BCUT2D eigenvalue weighted by atomic mass is 16.5. The van der Waals surface area contributed by atoms with Gasteiger partial charge in [-0.25, -0.2) is 9.59 Å². The van der Waals surface area contributed by atoms with E-state index in [0.717, 1.165) is 19.3 Å². The second kappa shape index (κ2) is 9.80. The normalized spacial score (nSPS) is 18.9. The van der Waals surface area contributed by atoms with Gasteiger partial charge in [-0.05, 0) is 37.0 Å². The minimum atomic E-state index is -0.574. The predicted octanol–water partition coefficient (Wildman–Crippen LogP) is 2.27. The number of nitrogens with one attached hydrogen (secondary N) is 2. The van der Waals surface area contributed by atoms with Crippen molar-refractivity contribution in [2.75, 3.05) is 20.8 Å². The molecule has 0 spiro atoms. The lowest BCUT2D eigenvalue weighted by atomic mass is 9.86. The second-order valence-electron chi connectivity index (χ2n) is 6.54. The number of methoxy groups -OCH3 is 2. The monoisotopic (exact) mass is 378 g/mol. The summed E-state index contributed by atoms with van der Waals surface area (Å²) in [5.74, 6) is -0.123. The number of amides is 3. The van der Waals surface area contributed by atoms with E-state index in [1.165, 1.54) is 38.8 Å². The molecular formula is C19H26N2O6. The van der Waals surface area contributed by atoms with Crippen molar-refractivity contribution in [3.05, 3.63) is 23.8 Å². The molecule has 2 N–H and O–H groups in total. The lowest BCUT2D eigenvalue weighted by Gasteiger charge is -2.29. The van der Waals surface area contributed by atoms with Crippen molar-refractivity contribution in [1.29, 1.82) is 0 Å². The molecule has 148 valence electrons. The molecule has 1 aromatic carbocycles. The fraction of sp³-hybridized carbons (Fsp3) is 0.526. The first-order chi connectivity index (χ1) is 12.9. The quantitative estimate of drug-likeness (QED) is 0.736. The molecule has 27 heavy (non-hydrogen) atoms. The van der Waals surface area contributed by atoms with Gasteiger partial charge in [-0.3, -0.25) is 10.1 Å². The van der Waals surface area contributed by atoms with Crippen molar-refractivity contribution >= 4 is 17.9 Å². The van der Waals surface area contributed by atoms with E-state index in [1.807, 2.05) is 0 Å². The number of esters is 1. The average molecular weight is 378 g/mol. The van der Waals surface area contributed by atoms with Crippen LogP contribution in [0.5, 0.6) is 11.5 Å². The van der Waals surface area contributed by atoms with E-state index < -0.39 is 17.9 Å². The lowest BCUT2D eigenvalue weighted by Crippen LogP contribution is -2.48. The van der Waals surface area contributed by atoms with Crippen molar-refractivity contribution in [3.63, 3.8) is 0 Å². The van der Waals surface area contributed by atoms with E-state index >= 15 is 0 Å². The number of rotatable bonds is 6. The molecule has 1 aliphatic carbocycles. The standard InChI is InChI=1S/C19H26N2O6/c1-12-6-4-5-7-14(12)20-19(24)21-17(22)11-27-15-9-8-13(18(23)26-3)10-16(15)25-2/h8-10,12,14H,4-7,11H2,1-3H3,(H2,20,21,22,24)/t12-,14+/m0/s1. The van der Waals surface area contributed by atoms with Gasteiger partial charge in [0.05, 0.1) is 19.8 Å². The molecule has 1 saturated carbocycles. The Morgan fingerprint density at radius 2 is 1.85 bits per heavy atom. The van der Waals surface area contributed by atoms with Gasteiger partial charge in [-0.1, -0.05) is 19.8 Å². The molecular weight excluding hydrogens is 352 g/mol. The van der Waals surface area contributed by atoms with Gasteiger partial charge in [0.2, 0.25) is 0 Å². The van der Waals surface area contributed by atoms with Crippen LogP contribution in [0, 0.1) is 5.92 Å². The van der Waals surface area contributed by atoms with Gasteiger partial charge in [-0.15, -0.1) is 0 Å². The number of imide groups is 1. The molecule has 0 aliphatic heterocycles. The maximum absolute atomic E-state index is 12.0. The molecule has 1 aromatic rings. The molecule has 1 fully saturated rings. The zero-order valence-corrected chi connectivity index (χ0v) is 15.9. The second-order valence-corrected chi connectivity index (χ2v) is 6.54. The van der Waals surface area contributed by atoms with E-state index in [2.05, 4.69) is 22.3 Å². The molecule has 0 aromatic heterocycles. The zero-order valence-electron chi connectivity index (χ0n) is 15.9. The van der Waals surface area contributed by atoms with E-state index in [-0.39, 0.29) is 24.1 Å². The van der Waals surface area contributed by atoms with E-state index in [4.69, 9.17) is 9.47 Å². The molecule has 8 heteroatoms. The Bertz CT molecular complexity index is 691. The molecule has 0 bridgehead atoms. The largest absolute Gasteiger partial charge is 0.493 e. The first kappa shape index (κ1) is 20.5. The molecule has 2 rings (SSSR count). The minimum Gasteiger partial charge on any atom is -0.493 e. The summed E-state index contributed by atoms with van der Waals surface area (Å²) >= 11 is 0. The van der Waals surface area contributed by atoms with E-state index in [1.54, 1.807) is 0 Å². The maximum atomic E-state index is 12.0. The number of ether oxygens (including phenoxy) is 3. The Morgan fingerprint density at radius 1 is 1.11 bits per heavy atom. The molecule has 0 radical (unpaired) electrons. The summed E-state index contributed by atoms with van der Waals surface area (Å²) in [7, 11) is 2.70. The van der Waals surface area contributed by atoms with Crippen molar-refractivity contribution in [3.8, 4) is 11.5 Å². The number of carbonyl (C=O) groups excluding carboxylic acids is 3. The molecule has 8 nitrogen and oxygen atoms in total. The summed E-state index contributed by atoms with van der Waals surface area (Å²) < 4.78 is 15.2. The van der Waals surface area contributed by atoms with Crippen LogP contribution in [0.1, 0.15) is 43.0 Å². The molecule has 0 heterocycles. The van der Waals surface area contributed by atoms with Crippen molar-refractivity contribution < 1.29 is 28.6 Å². The molecule has 1 aliphatic rings. The van der Waals surface area contributed by atoms with Crippen LogP contribution in [0.4, 0.5) is 4.79 Å². The first-order valence-corrected chi connectivity index (χ1v) is 8.94. The third kappa shape index (κ3) is 5.87. The fourth-order valence-corrected chi connectivity index (χ4v) is 3.07. The smallest absolute Gasteiger partial charge is 0.337 e. The molecule has 0 unspecified atom stereocenters. The van der Waals surface area contributed by atoms with Gasteiger partial charge in [0.1, 0.15) is 0 Å². The predicted molar refractivity (Wildman–Crippen MR) is 97.9 cm³/mol. The van der Waals surface area contributed by atoms with Crippen molar-refractivity contribution in [1.82, 2.24) is 10.6 Å². The number of benzene rings is 1. The van der Waals surface area contributed by atoms with Gasteiger partial charge in [0.15, 0.2) is 18.1 Å². The summed E-state index contributed by atoms with van der Waals surface area (Å²) in [5.41, 5.74) is 0.298. The van der Waals surface area contributed by atoms with Crippen LogP contribution in [0.3, 0.4) is 0 Å². The van der Waals surface area contributed by atoms with Crippen LogP contribution >= 0.6 is 0 Å². The highest BCUT2D eigenvalue weighted by molar-refractivity contribution is 5.95. The summed E-state index contributed by atoms with van der Waals surface area (Å²) in [4.78, 5) is 35.5. The van der Waals surface area contributed by atoms with Crippen LogP contribution in [-0.4, -0.2) is 44.8 Å². The van der Waals surface area contributed by atoms with Crippen LogP contribution in [0.2, 0.25) is 0 Å². The third-order valence-electron chi connectivity index (χ3n) is 4.62. The third-order valence-corrected chi connectivity index (χ3v) is 4.62. The Kier molecular flexibility index (Phi) is 7.45. The van der Waals surface area contributed by atoms with Crippen molar-refractivity contribution in [2.45, 2.75) is 38.6 Å². The summed E-state index contributed by atoms with van der Waals surface area (Å²) in [6.45, 7) is 1.74. The van der Waals surface area contributed by atoms with E-state index in [0.29, 0.717) is 11.5 Å². The van der Waals surface area contributed by atoms with Gasteiger partial charge >= 0.3 is 12.0 Å². The zero-order chi connectivity index (χ0) is 19.8. The van der Waals surface area contributed by atoms with Gasteiger partial charge in [-0.2, -0.15) is 0 Å². The van der Waals surface area contributed by atoms with Gasteiger partial charge in [0, 0.05) is 6.04 Å². The highest BCUT2D eigenvalue weighted by Crippen LogP contribution is 2.28. The average Bonchev–Trinajstić information content (AvgIpc) is 2.67. The lowest BCUT2D eigenvalue weighted by molar-refractivity contribution is -0.122. The van der Waals surface area contributed by atoms with Crippen molar-refractivity contribution in [2.24, 2.45) is 5.92 Å². The Hall–Kier alpha value is -2.77. The SMILES string of the molecule is COC(=O)c1ccc(OCC(=O)NC(=O)N[C@@H]2CCCC[C@@H]2C)c(OC)c1. The summed E-state index contributed by atoms with van der Waals surface area (Å²) in [5, 5.41) is 5.11. The molecule has 0 saturated heterocycles. The van der Waals surface area contributed by atoms with Gasteiger partial charge in [0.25, 0.3) is 5.91 Å². The van der Waals surface area contributed by atoms with E-state index in [9.17, 15) is 14.4 Å². The fourth-order valence-electron chi connectivity index (χ4n) is 3.07. The highest BCUT2D eigenvalue weighted by Gasteiger charge is 2.23. The number of urea groups is 1.